The lowest BCUT2D eigenvalue weighted by atomic mass is 9.87. The number of ether oxygens (including phenoxy) is 2. The molecular formula is C14H22N3O7P. The summed E-state index contributed by atoms with van der Waals surface area (Å²) in [5.74, 6) is 0.139. The van der Waals surface area contributed by atoms with E-state index in [-0.39, 0.29) is 5.82 Å². The monoisotopic (exact) mass is 375 g/mol. The van der Waals surface area contributed by atoms with Gasteiger partial charge < -0.3 is 20.1 Å². The first-order chi connectivity index (χ1) is 11.7. The number of rotatable bonds is 5. The lowest BCUT2D eigenvalue weighted by Crippen LogP contribution is -2.49. The molecule has 10 nitrogen and oxygen atoms in total. The van der Waals surface area contributed by atoms with Crippen molar-refractivity contribution in [2.75, 3.05) is 19.5 Å². The Morgan fingerprint density at radius 2 is 2.32 bits per heavy atom. The maximum atomic E-state index is 12.3. The van der Waals surface area contributed by atoms with E-state index in [4.69, 9.17) is 19.7 Å². The summed E-state index contributed by atoms with van der Waals surface area (Å²) in [7, 11) is -3.18. The normalized spacial score (nSPS) is 34.0. The number of aromatic nitrogens is 2. The Kier molecular flexibility index (Phi) is 4.78. The van der Waals surface area contributed by atoms with Gasteiger partial charge in [-0.2, -0.15) is 4.98 Å². The molecule has 5 atom stereocenters. The van der Waals surface area contributed by atoms with Gasteiger partial charge in [0.1, 0.15) is 23.6 Å². The Hall–Kier alpha value is -1.29. The number of hydrogen-bond donors (Lipinski definition) is 2. The van der Waals surface area contributed by atoms with E-state index in [0.717, 1.165) is 7.11 Å². The number of aryl methyl sites for hydroxylation is 1. The highest BCUT2D eigenvalue weighted by Crippen LogP contribution is 2.54. The summed E-state index contributed by atoms with van der Waals surface area (Å²) in [6, 6.07) is 0. The maximum absolute atomic E-state index is 12.3. The van der Waals surface area contributed by atoms with E-state index < -0.39 is 37.5 Å². The molecule has 1 aromatic rings. The molecule has 140 valence electrons. The number of nitrogens with two attached hydrogens (primary N) is 1. The van der Waals surface area contributed by atoms with Crippen molar-refractivity contribution in [1.29, 1.82) is 0 Å². The number of nitrogens with zero attached hydrogens (tertiary/aromatic N) is 2. The third kappa shape index (κ3) is 3.14. The fourth-order valence-electron chi connectivity index (χ4n) is 3.34. The van der Waals surface area contributed by atoms with Crippen LogP contribution in [0.3, 0.4) is 0 Å². The number of anilines is 1. The van der Waals surface area contributed by atoms with Crippen molar-refractivity contribution in [1.82, 2.24) is 9.55 Å². The van der Waals surface area contributed by atoms with Crippen molar-refractivity contribution in [2.24, 2.45) is 0 Å². The SMILES string of the molecule is CC[C@]12CCOC([C@H]1OP(=O)(O)OC)[C@@H](n1cc(C)c(N)nc1=O)O2. The Morgan fingerprint density at radius 1 is 1.60 bits per heavy atom. The van der Waals surface area contributed by atoms with Crippen molar-refractivity contribution < 1.29 is 28.0 Å². The average molecular weight is 375 g/mol. The third-order valence-electron chi connectivity index (χ3n) is 4.81. The van der Waals surface area contributed by atoms with Gasteiger partial charge in [-0.15, -0.1) is 0 Å². The zero-order valence-electron chi connectivity index (χ0n) is 14.2. The second-order valence-electron chi connectivity index (χ2n) is 6.19. The van der Waals surface area contributed by atoms with E-state index >= 15 is 0 Å². The molecule has 3 rings (SSSR count). The predicted molar refractivity (Wildman–Crippen MR) is 86.9 cm³/mol. The molecule has 0 aromatic carbocycles. The van der Waals surface area contributed by atoms with Crippen LogP contribution in [0, 0.1) is 6.92 Å². The van der Waals surface area contributed by atoms with Crippen molar-refractivity contribution in [3.8, 4) is 0 Å². The van der Waals surface area contributed by atoms with Crippen LogP contribution in [0.1, 0.15) is 31.6 Å². The minimum absolute atomic E-state index is 0.139. The molecule has 2 fully saturated rings. The first kappa shape index (κ1) is 18.5. The zero-order valence-corrected chi connectivity index (χ0v) is 15.1. The van der Waals surface area contributed by atoms with Crippen LogP contribution in [0.4, 0.5) is 5.82 Å². The van der Waals surface area contributed by atoms with Gasteiger partial charge in [0, 0.05) is 25.3 Å². The second kappa shape index (κ2) is 6.46. The number of fused-ring (bicyclic) bond motifs is 2. The average Bonchev–Trinajstić information content (AvgIpc) is 2.73. The largest absolute Gasteiger partial charge is 0.472 e. The van der Waals surface area contributed by atoms with Crippen molar-refractivity contribution in [2.45, 2.75) is 50.7 Å². The molecule has 3 N–H and O–H groups in total. The molecule has 0 radical (unpaired) electrons. The number of nitrogen functional groups attached to an aromatic ring is 1. The van der Waals surface area contributed by atoms with Crippen molar-refractivity contribution in [3.05, 3.63) is 22.2 Å². The van der Waals surface area contributed by atoms with Gasteiger partial charge in [-0.1, -0.05) is 6.92 Å². The van der Waals surface area contributed by atoms with Crippen LogP contribution in [0.2, 0.25) is 0 Å². The molecule has 3 heterocycles. The fourth-order valence-corrected chi connectivity index (χ4v) is 4.03. The van der Waals surface area contributed by atoms with Crippen molar-refractivity contribution in [3.63, 3.8) is 0 Å². The van der Waals surface area contributed by atoms with Gasteiger partial charge in [0.25, 0.3) is 0 Å². The molecular weight excluding hydrogens is 353 g/mol. The maximum Gasteiger partial charge on any atom is 0.472 e. The van der Waals surface area contributed by atoms with Gasteiger partial charge in [-0.25, -0.2) is 9.36 Å². The van der Waals surface area contributed by atoms with Crippen LogP contribution < -0.4 is 11.4 Å². The third-order valence-corrected chi connectivity index (χ3v) is 5.77. The Balaban J connectivity index is 2.02. The predicted octanol–water partition coefficient (Wildman–Crippen LogP) is 0.732. The molecule has 0 amide bonds. The van der Waals surface area contributed by atoms with Crippen LogP contribution in [-0.2, 0) is 23.1 Å². The summed E-state index contributed by atoms with van der Waals surface area (Å²) in [5, 5.41) is 0. The molecule has 11 heteroatoms. The van der Waals surface area contributed by atoms with E-state index in [0.29, 0.717) is 25.0 Å². The van der Waals surface area contributed by atoms with Crippen LogP contribution in [0.15, 0.2) is 11.0 Å². The highest BCUT2D eigenvalue weighted by molar-refractivity contribution is 7.47. The van der Waals surface area contributed by atoms with Crippen LogP contribution >= 0.6 is 7.82 Å². The smallest absolute Gasteiger partial charge is 0.383 e. The lowest BCUT2D eigenvalue weighted by molar-refractivity contribution is -0.120. The summed E-state index contributed by atoms with van der Waals surface area (Å²) < 4.78 is 35.0. The zero-order chi connectivity index (χ0) is 18.4. The molecule has 0 aliphatic carbocycles. The van der Waals surface area contributed by atoms with E-state index in [1.807, 2.05) is 6.92 Å². The molecule has 2 aliphatic rings. The summed E-state index contributed by atoms with van der Waals surface area (Å²) in [5.41, 5.74) is 4.83. The Labute approximate surface area is 144 Å². The van der Waals surface area contributed by atoms with E-state index in [1.54, 1.807) is 6.92 Å². The first-order valence-corrected chi connectivity index (χ1v) is 9.44. The molecule has 2 unspecified atom stereocenters. The van der Waals surface area contributed by atoms with E-state index in [9.17, 15) is 14.3 Å². The van der Waals surface area contributed by atoms with Crippen LogP contribution in [-0.4, -0.2) is 46.0 Å². The van der Waals surface area contributed by atoms with Gasteiger partial charge >= 0.3 is 13.5 Å². The molecule has 0 spiro atoms. The molecule has 2 aliphatic heterocycles. The number of phosphoric acid groups is 1. The van der Waals surface area contributed by atoms with E-state index in [1.165, 1.54) is 10.8 Å². The van der Waals surface area contributed by atoms with Crippen LogP contribution in [0.5, 0.6) is 0 Å². The van der Waals surface area contributed by atoms with Gasteiger partial charge in [-0.05, 0) is 13.3 Å². The highest BCUT2D eigenvalue weighted by atomic mass is 31.2. The van der Waals surface area contributed by atoms with Gasteiger partial charge in [0.15, 0.2) is 6.23 Å². The fraction of sp³-hybridized carbons (Fsp3) is 0.714. The van der Waals surface area contributed by atoms with E-state index in [2.05, 4.69) is 9.51 Å². The molecule has 0 saturated carbocycles. The van der Waals surface area contributed by atoms with Crippen molar-refractivity contribution >= 4 is 13.6 Å². The minimum Gasteiger partial charge on any atom is -0.383 e. The molecule has 2 saturated heterocycles. The summed E-state index contributed by atoms with van der Waals surface area (Å²) in [4.78, 5) is 25.8. The Bertz CT molecular complexity index is 769. The summed E-state index contributed by atoms with van der Waals surface area (Å²) in [6.45, 7) is 3.98. The molecule has 25 heavy (non-hydrogen) atoms. The highest BCUT2D eigenvalue weighted by Gasteiger charge is 2.60. The first-order valence-electron chi connectivity index (χ1n) is 7.94. The number of phosphoric ester groups is 1. The number of hydrogen-bond acceptors (Lipinski definition) is 8. The van der Waals surface area contributed by atoms with Gasteiger partial charge in [0.2, 0.25) is 0 Å². The summed E-state index contributed by atoms with van der Waals surface area (Å²) >= 11 is 0. The van der Waals surface area contributed by atoms with Gasteiger partial charge in [0.05, 0.1) is 6.61 Å². The second-order valence-corrected chi connectivity index (χ2v) is 7.70. The molecule has 2 bridgehead atoms. The topological polar surface area (TPSA) is 135 Å². The standard InChI is InChI=1S/C14H22N3O7P/c1-4-14-5-6-22-9(10(14)24-25(19,20)21-3)12(23-14)17-7-8(2)11(15)16-13(17)18/h7,9-10,12H,4-6H2,1-3H3,(H,19,20)(H2,15,16,18)/t9?,10-,12+,14+/m1/s1. The molecule has 1 aromatic heterocycles. The Morgan fingerprint density at radius 3 is 2.96 bits per heavy atom. The lowest BCUT2D eigenvalue weighted by Gasteiger charge is -2.37. The minimum atomic E-state index is -4.26. The van der Waals surface area contributed by atoms with Gasteiger partial charge in [-0.3, -0.25) is 13.6 Å². The van der Waals surface area contributed by atoms with Crippen LogP contribution in [0.25, 0.3) is 0 Å². The quantitative estimate of drug-likeness (QED) is 0.714. The summed E-state index contributed by atoms with van der Waals surface area (Å²) in [6.07, 6.45) is 0.0380.